The Hall–Kier alpha value is -4.14. The quantitative estimate of drug-likeness (QED) is 0.246. The van der Waals surface area contributed by atoms with Crippen LogP contribution in [0.2, 0.25) is 0 Å². The average molecular weight is 514 g/mol. The van der Waals surface area contributed by atoms with Crippen LogP contribution >= 0.6 is 0 Å². The van der Waals surface area contributed by atoms with Gasteiger partial charge in [0.1, 0.15) is 22.9 Å². The number of piperazine rings is 1. The van der Waals surface area contributed by atoms with Gasteiger partial charge in [-0.3, -0.25) is 4.79 Å². The second kappa shape index (κ2) is 11.5. The minimum atomic E-state index is -0.251. The van der Waals surface area contributed by atoms with Crippen molar-refractivity contribution in [2.75, 3.05) is 46.4 Å². The Kier molecular flexibility index (Phi) is 7.72. The predicted octanol–water partition coefficient (Wildman–Crippen LogP) is 4.67. The van der Waals surface area contributed by atoms with Crippen LogP contribution in [0.5, 0.6) is 17.2 Å². The van der Waals surface area contributed by atoms with Gasteiger partial charge in [0.2, 0.25) is 0 Å². The molecule has 0 radical (unpaired) electrons. The smallest absolute Gasteiger partial charge is 0.199 e. The highest BCUT2D eigenvalue weighted by molar-refractivity contribution is 6.15. The number of carbonyl (C=O) groups is 1. The zero-order valence-electron chi connectivity index (χ0n) is 21.3. The first-order valence-electron chi connectivity index (χ1n) is 12.7. The number of hydrogen-bond acceptors (Lipinski definition) is 8. The molecular formula is C30H31N3O5. The molecule has 0 aliphatic carbocycles. The Balaban J connectivity index is 1.32. The molecular weight excluding hydrogens is 482 g/mol. The zero-order valence-corrected chi connectivity index (χ0v) is 21.3. The van der Waals surface area contributed by atoms with Crippen LogP contribution < -0.4 is 4.74 Å². The average Bonchev–Trinajstić information content (AvgIpc) is 3.38. The molecule has 1 aliphatic rings. The summed E-state index contributed by atoms with van der Waals surface area (Å²) < 4.78 is 11.6. The van der Waals surface area contributed by atoms with E-state index in [4.69, 9.17) is 9.26 Å². The zero-order chi connectivity index (χ0) is 26.5. The fourth-order valence-corrected chi connectivity index (χ4v) is 4.52. The number of carbonyl (C=O) groups excluding carboxylic acids is 1. The SMILES string of the molecule is CN1CCN(CCCOc2ccc(C(=O)c3c(-c4ccc(O)cc4)noc3-c3ccc(O)cc3)cc2)CC1. The molecule has 2 heterocycles. The van der Waals surface area contributed by atoms with E-state index in [-0.39, 0.29) is 17.3 Å². The maximum absolute atomic E-state index is 13.8. The number of benzene rings is 3. The van der Waals surface area contributed by atoms with Crippen LogP contribution in [0.1, 0.15) is 22.3 Å². The van der Waals surface area contributed by atoms with Crippen LogP contribution in [-0.2, 0) is 0 Å². The first kappa shape index (κ1) is 25.5. The molecule has 8 nitrogen and oxygen atoms in total. The van der Waals surface area contributed by atoms with Crippen molar-refractivity contribution in [1.82, 2.24) is 15.0 Å². The van der Waals surface area contributed by atoms with Crippen LogP contribution in [0.3, 0.4) is 0 Å². The number of ketones is 1. The third-order valence-corrected chi connectivity index (χ3v) is 6.79. The second-order valence-corrected chi connectivity index (χ2v) is 9.53. The summed E-state index contributed by atoms with van der Waals surface area (Å²) in [5.41, 5.74) is 2.41. The number of rotatable bonds is 9. The Morgan fingerprint density at radius 2 is 1.47 bits per heavy atom. The third kappa shape index (κ3) is 5.88. The van der Waals surface area contributed by atoms with Gasteiger partial charge >= 0.3 is 0 Å². The number of aromatic hydroxyl groups is 2. The van der Waals surface area contributed by atoms with Crippen molar-refractivity contribution in [2.24, 2.45) is 0 Å². The molecule has 0 unspecified atom stereocenters. The van der Waals surface area contributed by atoms with Crippen molar-refractivity contribution in [2.45, 2.75) is 6.42 Å². The van der Waals surface area contributed by atoms with Crippen molar-refractivity contribution in [1.29, 1.82) is 0 Å². The minimum Gasteiger partial charge on any atom is -0.508 e. The van der Waals surface area contributed by atoms with Gasteiger partial charge < -0.3 is 29.3 Å². The highest BCUT2D eigenvalue weighted by Crippen LogP contribution is 2.35. The van der Waals surface area contributed by atoms with Gasteiger partial charge in [-0.1, -0.05) is 5.16 Å². The van der Waals surface area contributed by atoms with Gasteiger partial charge in [0.05, 0.1) is 12.2 Å². The van der Waals surface area contributed by atoms with Crippen LogP contribution in [0.25, 0.3) is 22.6 Å². The van der Waals surface area contributed by atoms with E-state index in [0.29, 0.717) is 46.1 Å². The number of aromatic nitrogens is 1. The molecule has 0 spiro atoms. The molecule has 1 aliphatic heterocycles. The summed E-state index contributed by atoms with van der Waals surface area (Å²) in [5.74, 6) is 0.992. The van der Waals surface area contributed by atoms with Gasteiger partial charge in [-0.15, -0.1) is 0 Å². The van der Waals surface area contributed by atoms with Gasteiger partial charge in [0.25, 0.3) is 0 Å². The maximum Gasteiger partial charge on any atom is 0.199 e. The number of likely N-dealkylation sites (N-methyl/N-ethyl adjacent to an activating group) is 1. The van der Waals surface area contributed by atoms with Gasteiger partial charge in [-0.25, -0.2) is 0 Å². The van der Waals surface area contributed by atoms with E-state index in [0.717, 1.165) is 39.1 Å². The lowest BCUT2D eigenvalue weighted by Crippen LogP contribution is -2.44. The molecule has 8 heteroatoms. The standard InChI is InChI=1S/C30H31N3O5/c1-32-16-18-33(19-17-32)15-2-20-37-26-13-7-22(8-14-26)29(36)27-28(21-3-9-24(34)10-4-21)31-38-30(27)23-5-11-25(35)12-6-23/h3-14,34-35H,2,15-20H2,1H3. The van der Waals surface area contributed by atoms with E-state index >= 15 is 0 Å². The number of phenolic OH excluding ortho intramolecular Hbond substituents is 2. The van der Waals surface area contributed by atoms with Crippen LogP contribution in [-0.4, -0.2) is 77.3 Å². The third-order valence-electron chi connectivity index (χ3n) is 6.79. The number of hydrogen-bond donors (Lipinski definition) is 2. The first-order chi connectivity index (χ1) is 18.5. The topological polar surface area (TPSA) is 99.3 Å². The molecule has 0 saturated carbocycles. The number of phenols is 2. The van der Waals surface area contributed by atoms with Gasteiger partial charge in [-0.05, 0) is 86.3 Å². The fraction of sp³-hybridized carbons (Fsp3) is 0.267. The number of ether oxygens (including phenoxy) is 1. The lowest BCUT2D eigenvalue weighted by molar-refractivity contribution is 0.103. The monoisotopic (exact) mass is 513 g/mol. The van der Waals surface area contributed by atoms with Crippen molar-refractivity contribution >= 4 is 5.78 Å². The van der Waals surface area contributed by atoms with Crippen molar-refractivity contribution in [3.63, 3.8) is 0 Å². The molecule has 4 aromatic rings. The van der Waals surface area contributed by atoms with Crippen molar-refractivity contribution in [3.8, 4) is 39.8 Å². The Bertz CT molecular complexity index is 1290. The van der Waals surface area contributed by atoms with E-state index in [1.807, 2.05) is 0 Å². The Morgan fingerprint density at radius 1 is 0.868 bits per heavy atom. The number of nitrogens with zero attached hydrogens (tertiary/aromatic N) is 3. The highest BCUT2D eigenvalue weighted by atomic mass is 16.5. The summed E-state index contributed by atoms with van der Waals surface area (Å²) in [6.07, 6.45) is 0.942. The molecule has 2 N–H and O–H groups in total. The van der Waals surface area contributed by atoms with Gasteiger partial charge in [-0.2, -0.15) is 0 Å². The lowest BCUT2D eigenvalue weighted by atomic mass is 9.95. The molecule has 3 aromatic carbocycles. The summed E-state index contributed by atoms with van der Waals surface area (Å²) in [7, 11) is 2.15. The predicted molar refractivity (Wildman–Crippen MR) is 145 cm³/mol. The summed E-state index contributed by atoms with van der Waals surface area (Å²) >= 11 is 0. The highest BCUT2D eigenvalue weighted by Gasteiger charge is 2.26. The molecule has 5 rings (SSSR count). The molecule has 196 valence electrons. The van der Waals surface area contributed by atoms with Crippen LogP contribution in [0.4, 0.5) is 0 Å². The maximum atomic E-state index is 13.8. The normalized spacial score (nSPS) is 14.4. The molecule has 0 bridgehead atoms. The summed E-state index contributed by atoms with van der Waals surface area (Å²) in [4.78, 5) is 18.6. The van der Waals surface area contributed by atoms with Gasteiger partial charge in [0.15, 0.2) is 11.5 Å². The van der Waals surface area contributed by atoms with Crippen LogP contribution in [0.15, 0.2) is 77.3 Å². The fourth-order valence-electron chi connectivity index (χ4n) is 4.52. The summed E-state index contributed by atoms with van der Waals surface area (Å²) in [6.45, 7) is 6.01. The lowest BCUT2D eigenvalue weighted by Gasteiger charge is -2.32. The first-order valence-corrected chi connectivity index (χ1v) is 12.7. The molecule has 1 saturated heterocycles. The second-order valence-electron chi connectivity index (χ2n) is 9.53. The van der Waals surface area contributed by atoms with Crippen molar-refractivity contribution < 1.29 is 24.3 Å². The largest absolute Gasteiger partial charge is 0.508 e. The van der Waals surface area contributed by atoms with E-state index in [1.165, 1.54) is 24.3 Å². The Labute approximate surface area is 221 Å². The Morgan fingerprint density at radius 3 is 2.11 bits per heavy atom. The van der Waals surface area contributed by atoms with E-state index in [9.17, 15) is 15.0 Å². The van der Waals surface area contributed by atoms with Crippen LogP contribution in [0, 0.1) is 0 Å². The van der Waals surface area contributed by atoms with Crippen molar-refractivity contribution in [3.05, 3.63) is 83.9 Å². The van der Waals surface area contributed by atoms with Gasteiger partial charge in [0, 0.05) is 49.4 Å². The molecule has 1 aromatic heterocycles. The molecule has 38 heavy (non-hydrogen) atoms. The molecule has 1 fully saturated rings. The summed E-state index contributed by atoms with van der Waals surface area (Å²) in [5, 5.41) is 23.6. The molecule has 0 amide bonds. The molecule has 0 atom stereocenters. The van der Waals surface area contributed by atoms with E-state index in [2.05, 4.69) is 22.0 Å². The summed E-state index contributed by atoms with van der Waals surface area (Å²) in [6, 6.07) is 19.9. The minimum absolute atomic E-state index is 0.110. The van der Waals surface area contributed by atoms with E-state index < -0.39 is 0 Å². The van der Waals surface area contributed by atoms with E-state index in [1.54, 1.807) is 48.5 Å².